The molecule has 1 aromatic carbocycles. The molecule has 12 nitrogen and oxygen atoms in total. The van der Waals surface area contributed by atoms with Crippen molar-refractivity contribution in [2.45, 2.75) is 84.7 Å². The number of ether oxygens (including phenoxy) is 4. The maximum absolute atomic E-state index is 14.4. The third kappa shape index (κ3) is 9.50. The number of alkyl halides is 3. The molecular weight excluding hydrogens is 634 g/mol. The molecule has 2 atom stereocenters. The molecule has 1 unspecified atom stereocenters. The van der Waals surface area contributed by atoms with Crippen LogP contribution in [0, 0.1) is 17.5 Å². The minimum Gasteiger partial charge on any atom is -0.444 e. The van der Waals surface area contributed by atoms with Crippen molar-refractivity contribution < 1.29 is 64.5 Å². The lowest BCUT2D eigenvalue weighted by Gasteiger charge is -2.31. The number of halogens is 6. The first kappa shape index (κ1) is 36.0. The van der Waals surface area contributed by atoms with Crippen LogP contribution in [0.1, 0.15) is 68.6 Å². The first-order valence-electron chi connectivity index (χ1n) is 13.9. The lowest BCUT2D eigenvalue weighted by molar-refractivity contribution is -0.148. The first-order valence-corrected chi connectivity index (χ1v) is 13.9. The number of esters is 1. The number of carbonyl (C=O) groups is 4. The molecule has 3 rings (SSSR count). The van der Waals surface area contributed by atoms with Gasteiger partial charge in [0.25, 0.3) is 0 Å². The van der Waals surface area contributed by atoms with E-state index in [0.29, 0.717) is 16.7 Å². The van der Waals surface area contributed by atoms with Crippen LogP contribution in [-0.4, -0.2) is 69.7 Å². The normalized spacial score (nSPS) is 14.5. The summed E-state index contributed by atoms with van der Waals surface area (Å²) in [7, 11) is 0. The van der Waals surface area contributed by atoms with Crippen LogP contribution in [0.25, 0.3) is 0 Å². The van der Waals surface area contributed by atoms with Crippen LogP contribution in [0.2, 0.25) is 0 Å². The number of fused-ring (bicyclic) bond motifs is 1. The molecule has 2 aromatic rings. The summed E-state index contributed by atoms with van der Waals surface area (Å²) in [5.41, 5.74) is -2.49. The van der Waals surface area contributed by atoms with Crippen LogP contribution in [0.4, 0.5) is 35.9 Å². The lowest BCUT2D eigenvalue weighted by Crippen LogP contribution is -2.45. The van der Waals surface area contributed by atoms with Gasteiger partial charge in [-0.2, -0.15) is 13.2 Å². The Balaban J connectivity index is 1.86. The summed E-state index contributed by atoms with van der Waals surface area (Å²) < 4.78 is 103. The summed E-state index contributed by atoms with van der Waals surface area (Å²) in [5, 5.41) is 2.39. The van der Waals surface area contributed by atoms with Crippen molar-refractivity contribution in [3.63, 3.8) is 0 Å². The molecule has 254 valence electrons. The molecular formula is C28H32F6N4O8. The largest absolute Gasteiger partial charge is 0.511 e. The second-order valence-corrected chi connectivity index (χ2v) is 11.1. The van der Waals surface area contributed by atoms with Gasteiger partial charge in [0, 0.05) is 38.5 Å². The Hall–Kier alpha value is -4.51. The monoisotopic (exact) mass is 666 g/mol. The van der Waals surface area contributed by atoms with Gasteiger partial charge in [0.15, 0.2) is 17.3 Å². The molecule has 46 heavy (non-hydrogen) atoms. The van der Waals surface area contributed by atoms with Crippen molar-refractivity contribution in [3.8, 4) is 0 Å². The quantitative estimate of drug-likeness (QED) is 0.131. The van der Waals surface area contributed by atoms with E-state index >= 15 is 0 Å². The molecule has 0 spiro atoms. The maximum Gasteiger partial charge on any atom is 0.511 e. The summed E-state index contributed by atoms with van der Waals surface area (Å²) in [6.07, 6.45) is -9.85. The van der Waals surface area contributed by atoms with Crippen LogP contribution in [0.3, 0.4) is 0 Å². The topological polar surface area (TPSA) is 138 Å². The Labute approximate surface area is 258 Å². The molecule has 1 aromatic heterocycles. The second kappa shape index (κ2) is 14.3. The van der Waals surface area contributed by atoms with Crippen molar-refractivity contribution in [2.75, 3.05) is 13.2 Å². The van der Waals surface area contributed by atoms with Crippen molar-refractivity contribution >= 4 is 24.1 Å². The van der Waals surface area contributed by atoms with Crippen LogP contribution in [0.15, 0.2) is 12.1 Å². The van der Waals surface area contributed by atoms with Gasteiger partial charge >= 0.3 is 24.4 Å². The molecule has 2 amide bonds. The molecule has 1 N–H and O–H groups in total. The fraction of sp³-hybridized carbons (Fsp3) is 0.536. The number of nitrogens with one attached hydrogen (secondary N) is 1. The van der Waals surface area contributed by atoms with Gasteiger partial charge in [-0.25, -0.2) is 32.5 Å². The Morgan fingerprint density at radius 1 is 1.00 bits per heavy atom. The molecule has 1 aliphatic heterocycles. The summed E-state index contributed by atoms with van der Waals surface area (Å²) in [5.74, 6) is -7.54. The van der Waals surface area contributed by atoms with Crippen molar-refractivity contribution in [1.29, 1.82) is 0 Å². The van der Waals surface area contributed by atoms with E-state index in [1.165, 1.54) is 6.92 Å². The van der Waals surface area contributed by atoms with Gasteiger partial charge in [-0.1, -0.05) is 0 Å². The molecule has 0 saturated heterocycles. The van der Waals surface area contributed by atoms with E-state index in [4.69, 9.17) is 14.2 Å². The van der Waals surface area contributed by atoms with Gasteiger partial charge in [0.2, 0.25) is 18.0 Å². The van der Waals surface area contributed by atoms with Crippen molar-refractivity contribution in [1.82, 2.24) is 19.8 Å². The predicted molar refractivity (Wildman–Crippen MR) is 143 cm³/mol. The van der Waals surface area contributed by atoms with E-state index in [-0.39, 0.29) is 24.4 Å². The van der Waals surface area contributed by atoms with Crippen molar-refractivity contribution in [2.24, 2.45) is 0 Å². The number of rotatable bonds is 9. The fourth-order valence-corrected chi connectivity index (χ4v) is 4.45. The Bertz CT molecular complexity index is 1470. The Morgan fingerprint density at radius 2 is 1.65 bits per heavy atom. The Morgan fingerprint density at radius 3 is 2.26 bits per heavy atom. The van der Waals surface area contributed by atoms with Crippen LogP contribution in [0.5, 0.6) is 0 Å². The molecule has 18 heteroatoms. The minimum absolute atomic E-state index is 0.0588. The number of benzene rings is 1. The molecule has 0 radical (unpaired) electrons. The standard InChI is InChI=1S/C28H32F6N4O8/c1-6-43-26(42)45-14(2)44-23(40)22-20-13-37(7-8-38(20)24(36-22)28(32,33)34)21(39)11-16(35-25(41)46-27(3,4)5)9-15-10-18(30)19(31)12-17(15)29/h10,12,14,16H,6-9,11,13H2,1-5H3,(H,35,41)/t14?,16-/m1/s1. The van der Waals surface area contributed by atoms with Crippen LogP contribution < -0.4 is 5.32 Å². The number of hydrogen-bond acceptors (Lipinski definition) is 9. The van der Waals surface area contributed by atoms with E-state index in [0.717, 1.165) is 11.8 Å². The average molecular weight is 667 g/mol. The summed E-state index contributed by atoms with van der Waals surface area (Å²) in [4.78, 5) is 54.7. The number of nitrogens with zero attached hydrogens (tertiary/aromatic N) is 3. The molecule has 0 aliphatic carbocycles. The zero-order chi connectivity index (χ0) is 34.6. The smallest absolute Gasteiger partial charge is 0.444 e. The number of alkyl carbamates (subject to hydrolysis) is 1. The lowest BCUT2D eigenvalue weighted by atomic mass is 10.0. The van der Waals surface area contributed by atoms with E-state index < -0.39 is 103 Å². The van der Waals surface area contributed by atoms with Gasteiger partial charge in [-0.05, 0) is 45.7 Å². The number of imidazole rings is 1. The third-order valence-electron chi connectivity index (χ3n) is 6.30. The highest BCUT2D eigenvalue weighted by Gasteiger charge is 2.42. The molecule has 0 bridgehead atoms. The molecule has 0 fully saturated rings. The number of carbonyl (C=O) groups excluding carboxylic acids is 4. The number of aromatic nitrogens is 2. The van der Waals surface area contributed by atoms with E-state index in [1.54, 1.807) is 20.8 Å². The van der Waals surface area contributed by atoms with Gasteiger partial charge in [-0.3, -0.25) is 4.79 Å². The zero-order valence-corrected chi connectivity index (χ0v) is 25.4. The van der Waals surface area contributed by atoms with Gasteiger partial charge < -0.3 is 33.7 Å². The highest BCUT2D eigenvalue weighted by atomic mass is 19.4. The minimum atomic E-state index is -5.00. The molecule has 2 heterocycles. The van der Waals surface area contributed by atoms with Crippen molar-refractivity contribution in [3.05, 3.63) is 52.4 Å². The maximum atomic E-state index is 14.4. The van der Waals surface area contributed by atoms with Crippen LogP contribution >= 0.6 is 0 Å². The predicted octanol–water partition coefficient (Wildman–Crippen LogP) is 4.86. The SMILES string of the molecule is CCOC(=O)OC(C)OC(=O)c1nc(C(F)(F)F)n2c1CN(C(=O)C[C@@H](Cc1cc(F)c(F)cc1F)NC(=O)OC(C)(C)C)CC2. The van der Waals surface area contributed by atoms with Crippen LogP contribution in [-0.2, 0) is 49.4 Å². The molecule has 1 aliphatic rings. The fourth-order valence-electron chi connectivity index (χ4n) is 4.45. The van der Waals surface area contributed by atoms with Gasteiger partial charge in [0.1, 0.15) is 11.4 Å². The summed E-state index contributed by atoms with van der Waals surface area (Å²) >= 11 is 0. The highest BCUT2D eigenvalue weighted by Crippen LogP contribution is 2.33. The molecule has 0 saturated carbocycles. The van der Waals surface area contributed by atoms with Gasteiger partial charge in [0.05, 0.1) is 18.8 Å². The average Bonchev–Trinajstić information content (AvgIpc) is 3.30. The summed E-state index contributed by atoms with van der Waals surface area (Å²) in [6, 6.07) is -0.369. The van der Waals surface area contributed by atoms with E-state index in [9.17, 15) is 45.5 Å². The second-order valence-electron chi connectivity index (χ2n) is 11.1. The summed E-state index contributed by atoms with van der Waals surface area (Å²) in [6.45, 7) is 5.90. The van der Waals surface area contributed by atoms with Gasteiger partial charge in [-0.15, -0.1) is 0 Å². The first-order chi connectivity index (χ1) is 21.3. The third-order valence-corrected chi connectivity index (χ3v) is 6.30. The number of hydrogen-bond donors (Lipinski definition) is 1. The van der Waals surface area contributed by atoms with E-state index in [2.05, 4.69) is 15.0 Å². The Kier molecular flexibility index (Phi) is 11.2. The highest BCUT2D eigenvalue weighted by molar-refractivity contribution is 5.89. The number of amides is 2. The zero-order valence-electron chi connectivity index (χ0n) is 25.4. The van der Waals surface area contributed by atoms with E-state index in [1.807, 2.05) is 0 Å².